The number of phenolic OH excluding ortho intramolecular Hbond substituents is 1. The molecule has 470 valence electrons. The molecule has 2 saturated heterocycles. The van der Waals surface area contributed by atoms with E-state index in [2.05, 4.69) is 67.9 Å². The number of hydrogen-bond acceptors (Lipinski definition) is 16. The number of aliphatic imine (C=N–C) groups is 1. The first-order chi connectivity index (χ1) is 41.5. The van der Waals surface area contributed by atoms with E-state index in [0.29, 0.717) is 34.1 Å². The molecular formula is C55H76N18O14. The second kappa shape index (κ2) is 31.9. The van der Waals surface area contributed by atoms with Crippen LogP contribution in [0, 0.1) is 5.92 Å². The number of fused-ring (bicyclic) bond motifs is 1. The Bertz CT molecular complexity index is 3110. The van der Waals surface area contributed by atoms with E-state index in [9.17, 15) is 68.1 Å². The van der Waals surface area contributed by atoms with Crippen LogP contribution >= 0.6 is 0 Å². The molecule has 87 heavy (non-hydrogen) atoms. The third kappa shape index (κ3) is 19.6. The summed E-state index contributed by atoms with van der Waals surface area (Å²) in [6.07, 6.45) is 4.73. The van der Waals surface area contributed by atoms with Crippen molar-refractivity contribution in [2.24, 2.45) is 28.1 Å². The Balaban J connectivity index is 1.19. The molecule has 0 spiro atoms. The molecule has 2 aromatic heterocycles. The number of aliphatic hydroxyl groups is 2. The lowest BCUT2D eigenvalue weighted by Crippen LogP contribution is -2.62. The van der Waals surface area contributed by atoms with E-state index in [0.717, 1.165) is 0 Å². The average Bonchev–Trinajstić information content (AvgIpc) is 2.71. The zero-order chi connectivity index (χ0) is 63.3. The zero-order valence-electron chi connectivity index (χ0n) is 47.9. The lowest BCUT2D eigenvalue weighted by molar-refractivity contribution is -0.142. The first kappa shape index (κ1) is 66.3. The van der Waals surface area contributed by atoms with Crippen molar-refractivity contribution >= 4 is 82.0 Å². The van der Waals surface area contributed by atoms with E-state index in [1.807, 2.05) is 5.43 Å². The number of hydrogen-bond donors (Lipinski definition) is 18. The summed E-state index contributed by atoms with van der Waals surface area (Å²) < 4.78 is 0. The van der Waals surface area contributed by atoms with Gasteiger partial charge in [-0.2, -0.15) is 0 Å². The van der Waals surface area contributed by atoms with Crippen LogP contribution in [0.15, 0.2) is 72.2 Å². The molecule has 2 aliphatic rings. The molecule has 6 rings (SSSR count). The van der Waals surface area contributed by atoms with Crippen molar-refractivity contribution in [1.29, 1.82) is 0 Å². The van der Waals surface area contributed by atoms with Crippen LogP contribution in [0.4, 0.5) is 4.79 Å². The van der Waals surface area contributed by atoms with Gasteiger partial charge in [0.2, 0.25) is 53.2 Å². The van der Waals surface area contributed by atoms with Crippen molar-refractivity contribution in [1.82, 2.24) is 73.2 Å². The highest BCUT2D eigenvalue weighted by molar-refractivity contribution is 5.99. The van der Waals surface area contributed by atoms with Crippen molar-refractivity contribution in [3.8, 4) is 5.75 Å². The molecular weight excluding hydrogens is 1140 g/mol. The Kier molecular flexibility index (Phi) is 24.3. The number of aromatic amines is 2. The predicted octanol–water partition coefficient (Wildman–Crippen LogP) is -4.93. The first-order valence-corrected chi connectivity index (χ1v) is 28.2. The second-order valence-electron chi connectivity index (χ2n) is 21.4. The summed E-state index contributed by atoms with van der Waals surface area (Å²) in [5, 5.41) is 52.4. The highest BCUT2D eigenvalue weighted by atomic mass is 16.3. The number of hydrazine groups is 1. The van der Waals surface area contributed by atoms with Gasteiger partial charge in [-0.15, -0.1) is 0 Å². The molecule has 2 aliphatic heterocycles. The number of rotatable bonds is 30. The number of aromatic hydroxyl groups is 1. The summed E-state index contributed by atoms with van der Waals surface area (Å²) in [7, 11) is 0. The van der Waals surface area contributed by atoms with Gasteiger partial charge >= 0.3 is 6.03 Å². The maximum absolute atomic E-state index is 14.5. The molecule has 0 bridgehead atoms. The smallest absolute Gasteiger partial charge is 0.330 e. The molecule has 0 radical (unpaired) electrons. The fraction of sp³-hybridized carbons (Fsp3) is 0.473. The Morgan fingerprint density at radius 3 is 1.86 bits per heavy atom. The molecule has 12 amide bonds. The minimum atomic E-state index is -1.82. The number of carbonyl (C=O) groups is 11. The van der Waals surface area contributed by atoms with E-state index in [1.54, 1.807) is 44.3 Å². The summed E-state index contributed by atoms with van der Waals surface area (Å²) in [4.78, 5) is 165. The SMILES string of the molecule is CC(C)C[C@H](NC(=O)[C@@H](CO)NC(=O)[C@H](Cc1ccc(O)cc1)NC(=O)[C@H](CO)NC(=O)[C@H](Cc1c[nH]c2ccccc12)NC(=O)[C@H](Cc1cnc[nH]1)NC(=O)[C@@H]1CCC(=O)N1)C(=O)N[C@@H](CCCN=C(N)N)C(=O)N1CCC[C@H]1C(=O)NNC(N)=O. The maximum Gasteiger partial charge on any atom is 0.330 e. The third-order valence-electron chi connectivity index (χ3n) is 14.3. The van der Waals surface area contributed by atoms with Crippen LogP contribution in [0.2, 0.25) is 0 Å². The second-order valence-corrected chi connectivity index (χ2v) is 21.4. The lowest BCUT2D eigenvalue weighted by Gasteiger charge is -2.30. The third-order valence-corrected chi connectivity index (χ3v) is 14.3. The van der Waals surface area contributed by atoms with Crippen molar-refractivity contribution in [3.05, 3.63) is 84.1 Å². The lowest BCUT2D eigenvalue weighted by atomic mass is 10.0. The average molecular weight is 1210 g/mol. The van der Waals surface area contributed by atoms with Gasteiger partial charge in [-0.3, -0.25) is 58.4 Å². The first-order valence-electron chi connectivity index (χ1n) is 28.2. The van der Waals surface area contributed by atoms with E-state index in [4.69, 9.17) is 17.2 Å². The number of urea groups is 1. The quantitative estimate of drug-likeness (QED) is 0.0101. The van der Waals surface area contributed by atoms with Crippen molar-refractivity contribution in [3.63, 3.8) is 0 Å². The van der Waals surface area contributed by atoms with Crippen LogP contribution in [0.5, 0.6) is 5.75 Å². The number of imidazole rings is 1. The van der Waals surface area contributed by atoms with Gasteiger partial charge in [0.25, 0.3) is 5.91 Å². The minimum absolute atomic E-state index is 0.0319. The van der Waals surface area contributed by atoms with Gasteiger partial charge in [-0.25, -0.2) is 15.2 Å². The van der Waals surface area contributed by atoms with Gasteiger partial charge < -0.3 is 89.9 Å². The summed E-state index contributed by atoms with van der Waals surface area (Å²) >= 11 is 0. The number of para-hydroxylation sites is 1. The number of guanidine groups is 1. The van der Waals surface area contributed by atoms with Gasteiger partial charge in [0.05, 0.1) is 19.5 Å². The molecule has 4 heterocycles. The summed E-state index contributed by atoms with van der Waals surface area (Å²) in [5.41, 5.74) is 22.2. The van der Waals surface area contributed by atoms with Crippen LogP contribution in [-0.2, 0) is 67.2 Å². The predicted molar refractivity (Wildman–Crippen MR) is 310 cm³/mol. The number of amides is 12. The van der Waals surface area contributed by atoms with Gasteiger partial charge in [0.15, 0.2) is 5.96 Å². The molecule has 0 unspecified atom stereocenters. The number of benzene rings is 2. The van der Waals surface area contributed by atoms with Gasteiger partial charge in [0.1, 0.15) is 60.1 Å². The molecule has 0 aliphatic carbocycles. The van der Waals surface area contributed by atoms with Crippen LogP contribution in [0.3, 0.4) is 0 Å². The Morgan fingerprint density at radius 2 is 1.28 bits per heavy atom. The fourth-order valence-electron chi connectivity index (χ4n) is 9.91. The number of phenols is 1. The number of nitrogens with two attached hydrogens (primary N) is 3. The monoisotopic (exact) mass is 1210 g/mol. The molecule has 21 N–H and O–H groups in total. The van der Waals surface area contributed by atoms with Crippen LogP contribution in [0.25, 0.3) is 10.9 Å². The number of H-pyrrole nitrogens is 2. The molecule has 32 heteroatoms. The summed E-state index contributed by atoms with van der Waals surface area (Å²) in [6.45, 7) is 1.53. The number of nitrogens with one attached hydrogen (secondary N) is 12. The van der Waals surface area contributed by atoms with Gasteiger partial charge in [-0.1, -0.05) is 44.2 Å². The summed E-state index contributed by atoms with van der Waals surface area (Å²) in [6, 6.07) is -1.24. The number of likely N-dealkylation sites (tertiary alicyclic amines) is 1. The van der Waals surface area contributed by atoms with Crippen molar-refractivity contribution in [2.45, 2.75) is 132 Å². The van der Waals surface area contributed by atoms with E-state index < -0.39 is 127 Å². The van der Waals surface area contributed by atoms with Crippen LogP contribution < -0.4 is 70.6 Å². The number of aliphatic hydroxyl groups excluding tert-OH is 2. The number of nitrogens with zero attached hydrogens (tertiary/aromatic N) is 3. The molecule has 4 aromatic rings. The zero-order valence-corrected chi connectivity index (χ0v) is 47.9. The van der Waals surface area contributed by atoms with Gasteiger partial charge in [0, 0.05) is 67.8 Å². The topological polar surface area (TPSA) is 507 Å². The molecule has 0 saturated carbocycles. The molecule has 32 nitrogen and oxygen atoms in total. The Labute approximate surface area is 498 Å². The van der Waals surface area contributed by atoms with E-state index in [-0.39, 0.29) is 94.4 Å². The largest absolute Gasteiger partial charge is 0.508 e. The number of primary amides is 1. The maximum atomic E-state index is 14.5. The van der Waals surface area contributed by atoms with Crippen molar-refractivity contribution < 1.29 is 68.1 Å². The van der Waals surface area contributed by atoms with Crippen molar-refractivity contribution in [2.75, 3.05) is 26.3 Å². The van der Waals surface area contributed by atoms with E-state index in [1.165, 1.54) is 41.7 Å². The Hall–Kier alpha value is -9.85. The minimum Gasteiger partial charge on any atom is -0.508 e. The normalized spacial score (nSPS) is 17.0. The highest BCUT2D eigenvalue weighted by Gasteiger charge is 2.40. The summed E-state index contributed by atoms with van der Waals surface area (Å²) in [5.74, 6) is -9.02. The molecule has 9 atom stereocenters. The van der Waals surface area contributed by atoms with Crippen LogP contribution in [-0.4, -0.2) is 187 Å². The van der Waals surface area contributed by atoms with E-state index >= 15 is 0 Å². The number of aromatic nitrogens is 3. The molecule has 2 aromatic carbocycles. The fourth-order valence-corrected chi connectivity index (χ4v) is 9.91. The molecule has 2 fully saturated rings. The Morgan fingerprint density at radius 1 is 0.690 bits per heavy atom. The standard InChI is InChI=1S/C55H76N18O14/c1-28(2)19-37(46(79)64-36(9-5-17-60-54(56)57)53(86)73-18-6-10-43(73)52(85)71-72-55(58)87)65-50(83)41(25-74)69-47(80)38(20-29-11-13-32(76)14-12-29)66-51(84)42(26-75)70-48(81)39(21-30-23-61-34-8-4-3-7-33(30)34)67-49(82)40(22-31-24-59-27-62-31)68-45(78)35-15-16-44(77)63-35/h3-4,7-8,11-14,23-24,27-28,35-43,61,74-76H,5-6,9-10,15-22,25-26H2,1-2H3,(H,59,62)(H,63,77)(H,64,79)(H,65,83)(H,66,84)(H,67,82)(H,68,78)(H,69,80)(H,70,81)(H,71,85)(H4,56,57,60)(H3,58,72,87)/t35-,36-,37-,38-,39-,40-,41+,42-,43-/m0/s1. The highest BCUT2D eigenvalue weighted by Crippen LogP contribution is 2.22. The number of carbonyl (C=O) groups excluding carboxylic acids is 11. The van der Waals surface area contributed by atoms with Gasteiger partial charge in [-0.05, 0) is 73.8 Å². The van der Waals surface area contributed by atoms with Crippen LogP contribution in [0.1, 0.15) is 75.6 Å².